The molecule has 2 aromatic rings. The number of halogens is 3. The molecule has 1 saturated carbocycles. The molecule has 12 heteroatoms. The Balaban J connectivity index is 1.79. The number of carbonyl (C=O) groups is 1. The van der Waals surface area contributed by atoms with Crippen LogP contribution in [0.2, 0.25) is 0 Å². The maximum absolute atomic E-state index is 12.8. The molecule has 1 atom stereocenters. The van der Waals surface area contributed by atoms with Gasteiger partial charge in [-0.3, -0.25) is 9.52 Å². The van der Waals surface area contributed by atoms with Gasteiger partial charge in [0.05, 0.1) is 25.3 Å². The van der Waals surface area contributed by atoms with Gasteiger partial charge in [0.2, 0.25) is 5.91 Å². The largest absolute Gasteiger partial charge is 0.573 e. The average Bonchev–Trinajstić information content (AvgIpc) is 3.52. The number of hydrogen-bond donors (Lipinski definition) is 3. The summed E-state index contributed by atoms with van der Waals surface area (Å²) in [6.07, 6.45) is -3.20. The monoisotopic (exact) mass is 474 g/mol. The number of ether oxygens (including phenoxy) is 2. The highest BCUT2D eigenvalue weighted by atomic mass is 32.2. The zero-order chi connectivity index (χ0) is 23.5. The van der Waals surface area contributed by atoms with Crippen molar-refractivity contribution in [3.05, 3.63) is 42.5 Å². The number of alkyl halides is 3. The zero-order valence-corrected chi connectivity index (χ0v) is 17.7. The zero-order valence-electron chi connectivity index (χ0n) is 16.8. The molecule has 1 amide bonds. The predicted molar refractivity (Wildman–Crippen MR) is 109 cm³/mol. The summed E-state index contributed by atoms with van der Waals surface area (Å²) in [7, 11) is -3.02. The Bertz CT molecular complexity index is 1090. The third-order valence-corrected chi connectivity index (χ3v) is 6.19. The van der Waals surface area contributed by atoms with E-state index < -0.39 is 28.1 Å². The summed E-state index contributed by atoms with van der Waals surface area (Å²) in [6, 6.07) is 8.22. The fourth-order valence-corrected chi connectivity index (χ4v) is 4.32. The molecule has 0 heterocycles. The molecule has 174 valence electrons. The first-order chi connectivity index (χ1) is 15.0. The van der Waals surface area contributed by atoms with Crippen molar-refractivity contribution in [3.63, 3.8) is 0 Å². The van der Waals surface area contributed by atoms with Crippen molar-refractivity contribution < 1.29 is 41.0 Å². The van der Waals surface area contributed by atoms with Gasteiger partial charge in [0, 0.05) is 17.8 Å². The normalized spacial score (nSPS) is 15.0. The van der Waals surface area contributed by atoms with Gasteiger partial charge in [-0.25, -0.2) is 8.42 Å². The molecule has 3 N–H and O–H groups in total. The van der Waals surface area contributed by atoms with E-state index in [0.717, 1.165) is 25.0 Å². The third-order valence-electron chi connectivity index (χ3n) is 4.77. The summed E-state index contributed by atoms with van der Waals surface area (Å²) in [5.41, 5.74) is 0.117. The maximum atomic E-state index is 12.8. The Kier molecular flexibility index (Phi) is 6.84. The van der Waals surface area contributed by atoms with E-state index in [1.165, 1.54) is 37.4 Å². The summed E-state index contributed by atoms with van der Waals surface area (Å²) < 4.78 is 73.9. The van der Waals surface area contributed by atoms with Crippen LogP contribution in [0.5, 0.6) is 11.5 Å². The molecule has 2 aromatic carbocycles. The molecule has 1 fully saturated rings. The first kappa shape index (κ1) is 23.7. The van der Waals surface area contributed by atoms with Gasteiger partial charge in [-0.15, -0.1) is 13.2 Å². The second kappa shape index (κ2) is 9.25. The molecule has 32 heavy (non-hydrogen) atoms. The van der Waals surface area contributed by atoms with Crippen molar-refractivity contribution in [2.75, 3.05) is 23.8 Å². The number of carbonyl (C=O) groups excluding carboxylic acids is 1. The van der Waals surface area contributed by atoms with E-state index in [-0.39, 0.29) is 40.5 Å². The lowest BCUT2D eigenvalue weighted by atomic mass is 10.0. The molecular formula is C20H21F3N2O6S. The molecule has 0 spiro atoms. The number of hydrogen-bond acceptors (Lipinski definition) is 6. The van der Waals surface area contributed by atoms with Crippen LogP contribution < -0.4 is 19.5 Å². The van der Waals surface area contributed by atoms with Crippen LogP contribution in [-0.4, -0.2) is 39.5 Å². The predicted octanol–water partition coefficient (Wildman–Crippen LogP) is 3.35. The van der Waals surface area contributed by atoms with Gasteiger partial charge in [-0.05, 0) is 43.0 Å². The third kappa shape index (κ3) is 6.04. The highest BCUT2D eigenvalue weighted by Crippen LogP contribution is 2.37. The summed E-state index contributed by atoms with van der Waals surface area (Å²) in [5, 5.41) is 12.0. The molecule has 0 aromatic heterocycles. The lowest BCUT2D eigenvalue weighted by molar-refractivity contribution is -0.274. The van der Waals surface area contributed by atoms with Crippen LogP contribution in [0.15, 0.2) is 47.4 Å². The minimum atomic E-state index is -4.92. The van der Waals surface area contributed by atoms with E-state index >= 15 is 0 Å². The lowest BCUT2D eigenvalue weighted by Crippen LogP contribution is -2.27. The second-order valence-electron chi connectivity index (χ2n) is 7.16. The quantitative estimate of drug-likeness (QED) is 0.514. The smallest absolute Gasteiger partial charge is 0.495 e. The van der Waals surface area contributed by atoms with Gasteiger partial charge in [-0.1, -0.05) is 6.07 Å². The molecule has 1 aliphatic carbocycles. The number of rotatable bonds is 9. The molecule has 0 radical (unpaired) electrons. The maximum Gasteiger partial charge on any atom is 0.573 e. The number of methoxy groups -OCH3 is 1. The van der Waals surface area contributed by atoms with E-state index in [9.17, 15) is 31.5 Å². The Morgan fingerprint density at radius 2 is 1.91 bits per heavy atom. The van der Waals surface area contributed by atoms with Gasteiger partial charge in [-0.2, -0.15) is 0 Å². The summed E-state index contributed by atoms with van der Waals surface area (Å²) in [6.45, 7) is -0.291. The topological polar surface area (TPSA) is 114 Å². The standard InChI is InChI=1S/C20H21F3N2O6S/c1-30-17-10-13(24-19(27)16(11-26)12-5-6-12)7-8-18(17)32(28,29)25-14-3-2-4-15(9-14)31-20(21,22)23/h2-4,7-10,12,16,25-26H,5-6,11H2,1H3,(H,24,27). The van der Waals surface area contributed by atoms with Gasteiger partial charge in [0.1, 0.15) is 16.4 Å². The van der Waals surface area contributed by atoms with E-state index in [2.05, 4.69) is 14.8 Å². The Hall–Kier alpha value is -2.99. The minimum absolute atomic E-state index is 0.0926. The van der Waals surface area contributed by atoms with Crippen molar-refractivity contribution >= 4 is 27.3 Å². The van der Waals surface area contributed by atoms with E-state index in [4.69, 9.17) is 4.74 Å². The Labute approximate surface area is 182 Å². The highest BCUT2D eigenvalue weighted by Gasteiger charge is 2.36. The minimum Gasteiger partial charge on any atom is -0.495 e. The molecule has 1 aliphatic rings. The van der Waals surface area contributed by atoms with Gasteiger partial charge in [0.25, 0.3) is 10.0 Å². The average molecular weight is 474 g/mol. The Morgan fingerprint density at radius 1 is 1.19 bits per heavy atom. The van der Waals surface area contributed by atoms with Crippen LogP contribution >= 0.6 is 0 Å². The van der Waals surface area contributed by atoms with Gasteiger partial charge < -0.3 is 19.9 Å². The second-order valence-corrected chi connectivity index (χ2v) is 8.81. The van der Waals surface area contributed by atoms with E-state index in [1.54, 1.807) is 0 Å². The van der Waals surface area contributed by atoms with Crippen molar-refractivity contribution in [1.82, 2.24) is 0 Å². The molecule has 0 bridgehead atoms. The van der Waals surface area contributed by atoms with Crippen molar-refractivity contribution in [2.24, 2.45) is 11.8 Å². The van der Waals surface area contributed by atoms with Crippen molar-refractivity contribution in [1.29, 1.82) is 0 Å². The van der Waals surface area contributed by atoms with Gasteiger partial charge in [0.15, 0.2) is 0 Å². The van der Waals surface area contributed by atoms with Crippen molar-refractivity contribution in [3.8, 4) is 11.5 Å². The molecule has 0 aliphatic heterocycles. The number of aliphatic hydroxyl groups is 1. The van der Waals surface area contributed by atoms with Crippen LogP contribution in [0.25, 0.3) is 0 Å². The molecule has 8 nitrogen and oxygen atoms in total. The fraction of sp³-hybridized carbons (Fsp3) is 0.350. The van der Waals surface area contributed by atoms with Gasteiger partial charge >= 0.3 is 6.36 Å². The number of benzene rings is 2. The number of sulfonamides is 1. The van der Waals surface area contributed by atoms with Crippen molar-refractivity contribution in [2.45, 2.75) is 24.1 Å². The van der Waals surface area contributed by atoms with Crippen LogP contribution in [-0.2, 0) is 14.8 Å². The fourth-order valence-electron chi connectivity index (χ4n) is 3.11. The summed E-state index contributed by atoms with van der Waals surface area (Å²) in [5.74, 6) is -1.48. The molecule has 3 rings (SSSR count). The number of nitrogens with one attached hydrogen (secondary N) is 2. The van der Waals surface area contributed by atoms with E-state index in [1.807, 2.05) is 0 Å². The first-order valence-electron chi connectivity index (χ1n) is 9.51. The van der Waals surface area contributed by atoms with Crippen LogP contribution in [0.1, 0.15) is 12.8 Å². The summed E-state index contributed by atoms with van der Waals surface area (Å²) in [4.78, 5) is 12.1. The van der Waals surface area contributed by atoms with Crippen LogP contribution in [0.3, 0.4) is 0 Å². The number of anilines is 2. The van der Waals surface area contributed by atoms with Crippen LogP contribution in [0, 0.1) is 11.8 Å². The highest BCUT2D eigenvalue weighted by molar-refractivity contribution is 7.92. The van der Waals surface area contributed by atoms with Crippen LogP contribution in [0.4, 0.5) is 24.5 Å². The molecule has 1 unspecified atom stereocenters. The van der Waals surface area contributed by atoms with E-state index in [0.29, 0.717) is 0 Å². The Morgan fingerprint density at radius 3 is 2.50 bits per heavy atom. The number of amides is 1. The number of aliphatic hydroxyl groups excluding tert-OH is 1. The molecule has 0 saturated heterocycles. The first-order valence-corrected chi connectivity index (χ1v) is 11.0. The lowest BCUT2D eigenvalue weighted by Gasteiger charge is -2.16. The SMILES string of the molecule is COc1cc(NC(=O)C(CO)C2CC2)ccc1S(=O)(=O)Nc1cccc(OC(F)(F)F)c1. The molecular weight excluding hydrogens is 453 g/mol. The summed E-state index contributed by atoms with van der Waals surface area (Å²) >= 11 is 0.